The fourth-order valence-corrected chi connectivity index (χ4v) is 3.57. The summed E-state index contributed by atoms with van der Waals surface area (Å²) in [5.41, 5.74) is 2.87. The van der Waals surface area contributed by atoms with Crippen LogP contribution in [0, 0.1) is 0 Å². The molecule has 1 unspecified atom stereocenters. The molecule has 2 aromatic rings. The van der Waals surface area contributed by atoms with Crippen molar-refractivity contribution >= 4 is 42.3 Å². The average molecular weight is 431 g/mol. The van der Waals surface area contributed by atoms with Crippen LogP contribution in [0.5, 0.6) is 0 Å². The van der Waals surface area contributed by atoms with Gasteiger partial charge in [0.05, 0.1) is 6.04 Å². The van der Waals surface area contributed by atoms with E-state index in [9.17, 15) is 4.79 Å². The van der Waals surface area contributed by atoms with Crippen molar-refractivity contribution in [2.75, 3.05) is 33.7 Å². The minimum absolute atomic E-state index is 0. The molecule has 1 amide bonds. The summed E-state index contributed by atoms with van der Waals surface area (Å²) in [7, 11) is 4.05. The number of benzene rings is 2. The molecule has 3 rings (SSSR count). The molecule has 0 bridgehead atoms. The van der Waals surface area contributed by atoms with E-state index in [2.05, 4.69) is 16.3 Å². The van der Waals surface area contributed by atoms with Crippen LogP contribution >= 0.6 is 36.4 Å². The van der Waals surface area contributed by atoms with Crippen LogP contribution in [-0.2, 0) is 6.54 Å². The number of carbonyl (C=O) groups excluding carboxylic acids is 1. The molecular formula is C20H26Cl3N3O. The first-order valence-electron chi connectivity index (χ1n) is 8.56. The van der Waals surface area contributed by atoms with Crippen LogP contribution in [0.2, 0.25) is 5.02 Å². The van der Waals surface area contributed by atoms with E-state index in [1.54, 1.807) is 0 Å². The van der Waals surface area contributed by atoms with Gasteiger partial charge in [0.2, 0.25) is 0 Å². The van der Waals surface area contributed by atoms with Crippen molar-refractivity contribution in [3.8, 4) is 0 Å². The maximum absolute atomic E-state index is 13.2. The lowest BCUT2D eigenvalue weighted by atomic mass is 10.0. The molecule has 0 radical (unpaired) electrons. The number of amides is 1. The fraction of sp³-hybridized carbons (Fsp3) is 0.350. The zero-order valence-electron chi connectivity index (χ0n) is 15.5. The Balaban J connectivity index is 0.00000182. The quantitative estimate of drug-likeness (QED) is 0.795. The lowest BCUT2D eigenvalue weighted by Crippen LogP contribution is -2.48. The number of rotatable bonds is 4. The van der Waals surface area contributed by atoms with Gasteiger partial charge in [-0.1, -0.05) is 41.9 Å². The van der Waals surface area contributed by atoms with Crippen molar-refractivity contribution < 1.29 is 4.79 Å². The summed E-state index contributed by atoms with van der Waals surface area (Å²) < 4.78 is 0. The second-order valence-electron chi connectivity index (χ2n) is 6.68. The van der Waals surface area contributed by atoms with Gasteiger partial charge in [-0.3, -0.25) is 4.79 Å². The van der Waals surface area contributed by atoms with Crippen molar-refractivity contribution in [1.82, 2.24) is 15.1 Å². The number of hydrogen-bond acceptors (Lipinski definition) is 3. The van der Waals surface area contributed by atoms with E-state index in [0.29, 0.717) is 18.1 Å². The van der Waals surface area contributed by atoms with Crippen molar-refractivity contribution in [1.29, 1.82) is 0 Å². The molecule has 1 aliphatic heterocycles. The zero-order chi connectivity index (χ0) is 17.8. The van der Waals surface area contributed by atoms with Gasteiger partial charge in [0.25, 0.3) is 5.91 Å². The first kappa shape index (κ1) is 23.7. The topological polar surface area (TPSA) is 35.6 Å². The van der Waals surface area contributed by atoms with E-state index in [4.69, 9.17) is 11.6 Å². The van der Waals surface area contributed by atoms with E-state index >= 15 is 0 Å². The summed E-state index contributed by atoms with van der Waals surface area (Å²) in [6.07, 6.45) is 0. The lowest BCUT2D eigenvalue weighted by molar-refractivity contribution is 0.0634. The molecular weight excluding hydrogens is 405 g/mol. The van der Waals surface area contributed by atoms with Gasteiger partial charge in [-0.25, -0.2) is 0 Å². The number of carbonyl (C=O) groups is 1. The molecule has 0 aromatic heterocycles. The second kappa shape index (κ2) is 10.9. The maximum Gasteiger partial charge on any atom is 0.254 e. The molecule has 4 nitrogen and oxygen atoms in total. The summed E-state index contributed by atoms with van der Waals surface area (Å²) in [5, 5.41) is 4.08. The summed E-state index contributed by atoms with van der Waals surface area (Å²) in [6, 6.07) is 15.6. The van der Waals surface area contributed by atoms with Gasteiger partial charge in [0.1, 0.15) is 0 Å². The Morgan fingerprint density at radius 1 is 1.19 bits per heavy atom. The molecule has 1 fully saturated rings. The van der Waals surface area contributed by atoms with E-state index in [0.717, 1.165) is 29.8 Å². The highest BCUT2D eigenvalue weighted by molar-refractivity contribution is 6.31. The summed E-state index contributed by atoms with van der Waals surface area (Å²) in [6.45, 7) is 3.00. The molecule has 148 valence electrons. The Morgan fingerprint density at radius 3 is 2.63 bits per heavy atom. The van der Waals surface area contributed by atoms with Gasteiger partial charge in [-0.05, 0) is 43.4 Å². The third kappa shape index (κ3) is 5.84. The highest BCUT2D eigenvalue weighted by Gasteiger charge is 2.29. The maximum atomic E-state index is 13.2. The van der Waals surface area contributed by atoms with Gasteiger partial charge in [-0.15, -0.1) is 24.8 Å². The number of hydrogen-bond donors (Lipinski definition) is 1. The summed E-state index contributed by atoms with van der Waals surface area (Å²) in [5.74, 6) is 0.0621. The van der Waals surface area contributed by atoms with Crippen LogP contribution in [0.25, 0.3) is 0 Å². The third-order valence-corrected chi connectivity index (χ3v) is 4.79. The minimum atomic E-state index is -0.0487. The lowest BCUT2D eigenvalue weighted by Gasteiger charge is -2.37. The number of piperazine rings is 1. The van der Waals surface area contributed by atoms with Crippen molar-refractivity contribution in [2.45, 2.75) is 12.6 Å². The monoisotopic (exact) mass is 429 g/mol. The highest BCUT2D eigenvalue weighted by atomic mass is 35.5. The molecule has 0 saturated carbocycles. The van der Waals surface area contributed by atoms with Crippen LogP contribution in [0.1, 0.15) is 27.5 Å². The number of nitrogens with zero attached hydrogens (tertiary/aromatic N) is 2. The van der Waals surface area contributed by atoms with Crippen LogP contribution in [0.4, 0.5) is 0 Å². The minimum Gasteiger partial charge on any atom is -0.329 e. The van der Waals surface area contributed by atoms with Crippen LogP contribution in [-0.4, -0.2) is 49.4 Å². The Bertz CT molecular complexity index is 755. The molecule has 27 heavy (non-hydrogen) atoms. The van der Waals surface area contributed by atoms with E-state index in [-0.39, 0.29) is 36.8 Å². The first-order valence-corrected chi connectivity index (χ1v) is 8.94. The molecule has 2 aromatic carbocycles. The predicted molar refractivity (Wildman–Crippen MR) is 116 cm³/mol. The molecule has 1 heterocycles. The molecule has 1 saturated heterocycles. The Kier molecular flexibility index (Phi) is 9.57. The van der Waals surface area contributed by atoms with Crippen molar-refractivity contribution in [3.05, 3.63) is 70.2 Å². The highest BCUT2D eigenvalue weighted by Crippen LogP contribution is 2.29. The van der Waals surface area contributed by atoms with Crippen molar-refractivity contribution in [3.63, 3.8) is 0 Å². The van der Waals surface area contributed by atoms with Gasteiger partial charge in [0.15, 0.2) is 0 Å². The molecule has 0 spiro atoms. The Labute approximate surface area is 178 Å². The van der Waals surface area contributed by atoms with Gasteiger partial charge in [-0.2, -0.15) is 0 Å². The average Bonchev–Trinajstić information content (AvgIpc) is 2.61. The normalized spacial score (nSPS) is 16.4. The largest absolute Gasteiger partial charge is 0.329 e. The third-order valence-electron chi connectivity index (χ3n) is 4.44. The molecule has 1 aliphatic rings. The van der Waals surface area contributed by atoms with Gasteiger partial charge < -0.3 is 15.1 Å². The summed E-state index contributed by atoms with van der Waals surface area (Å²) >= 11 is 6.38. The molecule has 1 atom stereocenters. The zero-order valence-corrected chi connectivity index (χ0v) is 17.9. The smallest absolute Gasteiger partial charge is 0.254 e. The van der Waals surface area contributed by atoms with E-state index < -0.39 is 0 Å². The second-order valence-corrected chi connectivity index (χ2v) is 7.09. The number of nitrogens with one attached hydrogen (secondary N) is 1. The first-order chi connectivity index (χ1) is 12.1. The van der Waals surface area contributed by atoms with Gasteiger partial charge in [0, 0.05) is 36.8 Å². The number of halogens is 3. The molecule has 7 heteroatoms. The van der Waals surface area contributed by atoms with Gasteiger partial charge >= 0.3 is 0 Å². The predicted octanol–water partition coefficient (Wildman–Crippen LogP) is 4.03. The molecule has 1 N–H and O–H groups in total. The Hall–Kier alpha value is -1.30. The van der Waals surface area contributed by atoms with Crippen LogP contribution in [0.3, 0.4) is 0 Å². The SMILES string of the molecule is CN(C)Cc1cccc(C(=O)N2CCNCC2c2ccccc2Cl)c1.Cl.Cl. The Morgan fingerprint density at radius 2 is 1.93 bits per heavy atom. The van der Waals surface area contributed by atoms with Crippen LogP contribution in [0.15, 0.2) is 48.5 Å². The van der Waals surface area contributed by atoms with Crippen molar-refractivity contribution in [2.24, 2.45) is 0 Å². The van der Waals surface area contributed by atoms with Crippen LogP contribution < -0.4 is 5.32 Å². The summed E-state index contributed by atoms with van der Waals surface area (Å²) in [4.78, 5) is 17.2. The van der Waals surface area contributed by atoms with E-state index in [1.807, 2.05) is 61.5 Å². The van der Waals surface area contributed by atoms with E-state index in [1.165, 1.54) is 0 Å². The fourth-order valence-electron chi connectivity index (χ4n) is 3.30. The standard InChI is InChI=1S/C20H24ClN3O.2ClH/c1-23(2)14-15-6-5-7-16(12-15)20(25)24-11-10-22-13-19(24)17-8-3-4-9-18(17)21;;/h3-9,12,19,22H,10-11,13-14H2,1-2H3;2*1H. The molecule has 0 aliphatic carbocycles.